The van der Waals surface area contributed by atoms with Gasteiger partial charge in [0.15, 0.2) is 0 Å². The number of carbonyl (C=O) groups excluding carboxylic acids is 1. The van der Waals surface area contributed by atoms with Crippen molar-refractivity contribution >= 4 is 11.6 Å². The van der Waals surface area contributed by atoms with Crippen molar-refractivity contribution in [2.24, 2.45) is 5.41 Å². The molecule has 1 heterocycles. The van der Waals surface area contributed by atoms with E-state index in [1.165, 1.54) is 0 Å². The molecule has 94 valence electrons. The van der Waals surface area contributed by atoms with Crippen LogP contribution in [0.4, 0.5) is 5.69 Å². The molecule has 1 unspecified atom stereocenters. The van der Waals surface area contributed by atoms with Crippen LogP contribution >= 0.6 is 0 Å². The Hall–Kier alpha value is -1.58. The second-order valence-corrected chi connectivity index (χ2v) is 5.24. The van der Waals surface area contributed by atoms with Crippen molar-refractivity contribution in [1.29, 1.82) is 0 Å². The third-order valence-electron chi connectivity index (χ3n) is 2.90. The summed E-state index contributed by atoms with van der Waals surface area (Å²) >= 11 is 0. The van der Waals surface area contributed by atoms with Gasteiger partial charge in [0.1, 0.15) is 5.69 Å². The van der Waals surface area contributed by atoms with Gasteiger partial charge < -0.3 is 10.6 Å². The Morgan fingerprint density at radius 1 is 1.41 bits per heavy atom. The van der Waals surface area contributed by atoms with Crippen LogP contribution in [0.25, 0.3) is 0 Å². The Balaban J connectivity index is 2.83. The number of hydrogen-bond acceptors (Lipinski definition) is 3. The zero-order chi connectivity index (χ0) is 13.1. The minimum Gasteiger partial charge on any atom is -0.382 e. The van der Waals surface area contributed by atoms with Crippen LogP contribution in [0.2, 0.25) is 0 Å². The predicted molar refractivity (Wildman–Crippen MR) is 70.2 cm³/mol. The topological polar surface area (TPSA) is 54.0 Å². The number of anilines is 1. The fraction of sp³-hybridized carbons (Fsp3) is 0.538. The SMILES string of the molecule is CNC(=O)c1cc(NC(C)C(C)(C)C)ccn1. The maximum absolute atomic E-state index is 11.4. The first-order valence-electron chi connectivity index (χ1n) is 5.79. The lowest BCUT2D eigenvalue weighted by Crippen LogP contribution is -2.31. The quantitative estimate of drug-likeness (QED) is 0.845. The van der Waals surface area contributed by atoms with E-state index < -0.39 is 0 Å². The molecular weight excluding hydrogens is 214 g/mol. The Morgan fingerprint density at radius 2 is 2.06 bits per heavy atom. The first kappa shape index (κ1) is 13.5. The van der Waals surface area contributed by atoms with Gasteiger partial charge in [0.2, 0.25) is 0 Å². The number of rotatable bonds is 3. The molecule has 0 aromatic carbocycles. The molecule has 0 aliphatic heterocycles. The Bertz CT molecular complexity index is 396. The first-order valence-corrected chi connectivity index (χ1v) is 5.79. The molecule has 1 atom stereocenters. The normalized spacial score (nSPS) is 13.0. The summed E-state index contributed by atoms with van der Waals surface area (Å²) in [7, 11) is 1.60. The molecule has 1 rings (SSSR count). The third-order valence-corrected chi connectivity index (χ3v) is 2.90. The van der Waals surface area contributed by atoms with Crippen LogP contribution in [-0.4, -0.2) is 24.0 Å². The molecule has 2 N–H and O–H groups in total. The van der Waals surface area contributed by atoms with Gasteiger partial charge in [-0.2, -0.15) is 0 Å². The Labute approximate surface area is 103 Å². The van der Waals surface area contributed by atoms with E-state index in [1.54, 1.807) is 19.3 Å². The van der Waals surface area contributed by atoms with Crippen LogP contribution in [0.3, 0.4) is 0 Å². The van der Waals surface area contributed by atoms with E-state index in [-0.39, 0.29) is 11.3 Å². The highest BCUT2D eigenvalue weighted by Crippen LogP contribution is 2.22. The lowest BCUT2D eigenvalue weighted by Gasteiger charge is -2.29. The van der Waals surface area contributed by atoms with Gasteiger partial charge in [-0.15, -0.1) is 0 Å². The first-order chi connectivity index (χ1) is 7.84. The summed E-state index contributed by atoms with van der Waals surface area (Å²) in [6, 6.07) is 3.94. The van der Waals surface area contributed by atoms with Crippen LogP contribution in [0, 0.1) is 5.41 Å². The van der Waals surface area contributed by atoms with Crippen LogP contribution in [0.15, 0.2) is 18.3 Å². The molecule has 1 amide bonds. The minimum atomic E-state index is -0.169. The molecule has 17 heavy (non-hydrogen) atoms. The van der Waals surface area contributed by atoms with E-state index in [4.69, 9.17) is 0 Å². The molecule has 0 aliphatic rings. The van der Waals surface area contributed by atoms with Crippen molar-refractivity contribution in [1.82, 2.24) is 10.3 Å². The summed E-state index contributed by atoms with van der Waals surface area (Å²) in [6.07, 6.45) is 1.64. The smallest absolute Gasteiger partial charge is 0.269 e. The summed E-state index contributed by atoms with van der Waals surface area (Å²) < 4.78 is 0. The van der Waals surface area contributed by atoms with Crippen LogP contribution in [-0.2, 0) is 0 Å². The number of aromatic nitrogens is 1. The summed E-state index contributed by atoms with van der Waals surface area (Å²) in [5.74, 6) is -0.169. The molecule has 0 fully saturated rings. The number of nitrogens with one attached hydrogen (secondary N) is 2. The minimum absolute atomic E-state index is 0.163. The number of hydrogen-bond donors (Lipinski definition) is 2. The van der Waals surface area contributed by atoms with E-state index in [1.807, 2.05) is 6.07 Å². The second kappa shape index (κ2) is 5.17. The molecule has 0 bridgehead atoms. The van der Waals surface area contributed by atoms with E-state index in [9.17, 15) is 4.79 Å². The largest absolute Gasteiger partial charge is 0.382 e. The van der Waals surface area contributed by atoms with Crippen LogP contribution in [0.5, 0.6) is 0 Å². The van der Waals surface area contributed by atoms with Crippen molar-refractivity contribution in [3.63, 3.8) is 0 Å². The van der Waals surface area contributed by atoms with Gasteiger partial charge >= 0.3 is 0 Å². The van der Waals surface area contributed by atoms with Gasteiger partial charge in [-0.05, 0) is 24.5 Å². The molecule has 0 spiro atoms. The van der Waals surface area contributed by atoms with Gasteiger partial charge in [0.05, 0.1) is 0 Å². The maximum Gasteiger partial charge on any atom is 0.269 e. The van der Waals surface area contributed by atoms with Crippen LogP contribution in [0.1, 0.15) is 38.2 Å². The lowest BCUT2D eigenvalue weighted by molar-refractivity contribution is 0.0958. The number of pyridine rings is 1. The van der Waals surface area contributed by atoms with Crippen molar-refractivity contribution < 1.29 is 4.79 Å². The molecular formula is C13H21N3O. The molecule has 0 saturated carbocycles. The van der Waals surface area contributed by atoms with E-state index >= 15 is 0 Å². The Morgan fingerprint density at radius 3 is 2.59 bits per heavy atom. The summed E-state index contributed by atoms with van der Waals surface area (Å²) in [5, 5.41) is 5.94. The predicted octanol–water partition coefficient (Wildman–Crippen LogP) is 2.29. The van der Waals surface area contributed by atoms with E-state index in [2.05, 4.69) is 43.3 Å². The maximum atomic E-state index is 11.4. The second-order valence-electron chi connectivity index (χ2n) is 5.24. The molecule has 0 saturated heterocycles. The molecule has 0 aliphatic carbocycles. The van der Waals surface area contributed by atoms with E-state index in [0.29, 0.717) is 11.7 Å². The standard InChI is InChI=1S/C13H21N3O/c1-9(13(2,3)4)16-10-6-7-15-11(8-10)12(17)14-5/h6-9H,1-5H3,(H,14,17)(H,15,16). The monoisotopic (exact) mass is 235 g/mol. The average Bonchev–Trinajstić information content (AvgIpc) is 2.27. The Kier molecular flexibility index (Phi) is 4.10. The molecule has 1 aromatic heterocycles. The summed E-state index contributed by atoms with van der Waals surface area (Å²) in [5.41, 5.74) is 1.51. The van der Waals surface area contributed by atoms with E-state index in [0.717, 1.165) is 5.69 Å². The van der Waals surface area contributed by atoms with Crippen LogP contribution < -0.4 is 10.6 Å². The fourth-order valence-corrected chi connectivity index (χ4v) is 1.24. The van der Waals surface area contributed by atoms with Gasteiger partial charge in [-0.3, -0.25) is 9.78 Å². The summed E-state index contributed by atoms with van der Waals surface area (Å²) in [6.45, 7) is 8.64. The lowest BCUT2D eigenvalue weighted by atomic mass is 9.88. The zero-order valence-corrected chi connectivity index (χ0v) is 11.2. The zero-order valence-electron chi connectivity index (χ0n) is 11.2. The molecule has 1 aromatic rings. The number of amides is 1. The summed E-state index contributed by atoms with van der Waals surface area (Å²) in [4.78, 5) is 15.5. The third kappa shape index (κ3) is 3.73. The van der Waals surface area contributed by atoms with Gasteiger partial charge in [0.25, 0.3) is 5.91 Å². The highest BCUT2D eigenvalue weighted by atomic mass is 16.1. The van der Waals surface area contributed by atoms with Gasteiger partial charge in [-0.25, -0.2) is 0 Å². The van der Waals surface area contributed by atoms with Gasteiger partial charge in [0, 0.05) is 25.0 Å². The van der Waals surface area contributed by atoms with Crippen molar-refractivity contribution in [3.8, 4) is 0 Å². The number of carbonyl (C=O) groups is 1. The highest BCUT2D eigenvalue weighted by Gasteiger charge is 2.19. The van der Waals surface area contributed by atoms with Gasteiger partial charge in [-0.1, -0.05) is 20.8 Å². The van der Waals surface area contributed by atoms with Crippen molar-refractivity contribution in [2.45, 2.75) is 33.7 Å². The molecule has 4 nitrogen and oxygen atoms in total. The highest BCUT2D eigenvalue weighted by molar-refractivity contribution is 5.92. The molecule has 0 radical (unpaired) electrons. The molecule has 4 heteroatoms. The fourth-order valence-electron chi connectivity index (χ4n) is 1.24. The number of nitrogens with zero attached hydrogens (tertiary/aromatic N) is 1. The van der Waals surface area contributed by atoms with Crippen molar-refractivity contribution in [2.75, 3.05) is 12.4 Å². The average molecular weight is 235 g/mol. The van der Waals surface area contributed by atoms with Crippen molar-refractivity contribution in [3.05, 3.63) is 24.0 Å².